The Morgan fingerprint density at radius 3 is 2.24 bits per heavy atom. The van der Waals surface area contributed by atoms with Gasteiger partial charge in [-0.05, 0) is 12.8 Å². The van der Waals surface area contributed by atoms with Crippen LogP contribution < -0.4 is 5.32 Å². The zero-order valence-electron chi connectivity index (χ0n) is 12.6. The van der Waals surface area contributed by atoms with Gasteiger partial charge in [0.15, 0.2) is 0 Å². The molecule has 1 atom stereocenters. The second-order valence-corrected chi connectivity index (χ2v) is 6.57. The van der Waals surface area contributed by atoms with Crippen LogP contribution in [0.5, 0.6) is 0 Å². The maximum absolute atomic E-state index is 12.5. The molecule has 1 N–H and O–H groups in total. The fraction of sp³-hybridized carbons (Fsp3) is 0.714. The second-order valence-electron chi connectivity index (χ2n) is 6.57. The van der Waals surface area contributed by atoms with Gasteiger partial charge in [0.05, 0.1) is 0 Å². The molecule has 0 aromatic rings. The van der Waals surface area contributed by atoms with Gasteiger partial charge in [0.25, 0.3) is 0 Å². The number of imide groups is 1. The monoisotopic (exact) mass is 295 g/mol. The lowest BCUT2D eigenvalue weighted by atomic mass is 9.94. The molecular weight excluding hydrogens is 274 g/mol. The van der Waals surface area contributed by atoms with E-state index in [1.807, 2.05) is 20.8 Å². The molecule has 7 heteroatoms. The number of hydrogen-bond donors (Lipinski definition) is 1. The van der Waals surface area contributed by atoms with Crippen molar-refractivity contribution in [2.24, 2.45) is 5.41 Å². The minimum Gasteiger partial charge on any atom is -0.330 e. The molecule has 2 fully saturated rings. The van der Waals surface area contributed by atoms with Crippen LogP contribution in [0.1, 0.15) is 33.6 Å². The molecule has 2 aliphatic rings. The van der Waals surface area contributed by atoms with Crippen molar-refractivity contribution in [3.63, 3.8) is 0 Å². The molecule has 7 nitrogen and oxygen atoms in total. The van der Waals surface area contributed by atoms with Crippen LogP contribution in [0.15, 0.2) is 0 Å². The van der Waals surface area contributed by atoms with Crippen LogP contribution in [0.4, 0.5) is 0 Å². The Hall–Kier alpha value is -1.92. The van der Waals surface area contributed by atoms with Crippen molar-refractivity contribution in [1.82, 2.24) is 15.1 Å². The third-order valence-corrected chi connectivity index (χ3v) is 3.70. The van der Waals surface area contributed by atoms with Crippen molar-refractivity contribution in [2.75, 3.05) is 19.6 Å². The van der Waals surface area contributed by atoms with Crippen molar-refractivity contribution < 1.29 is 19.2 Å². The number of rotatable bonds is 1. The first-order chi connectivity index (χ1) is 9.70. The maximum atomic E-state index is 12.5. The van der Waals surface area contributed by atoms with E-state index in [0.717, 1.165) is 6.42 Å². The van der Waals surface area contributed by atoms with Crippen LogP contribution in [0, 0.1) is 5.41 Å². The smallest absolute Gasteiger partial charge is 0.246 e. The lowest BCUT2D eigenvalue weighted by Gasteiger charge is -2.34. The fourth-order valence-corrected chi connectivity index (χ4v) is 2.70. The van der Waals surface area contributed by atoms with E-state index in [2.05, 4.69) is 5.32 Å². The van der Waals surface area contributed by atoms with Gasteiger partial charge in [-0.2, -0.15) is 0 Å². The van der Waals surface area contributed by atoms with Crippen molar-refractivity contribution in [1.29, 1.82) is 0 Å². The van der Waals surface area contributed by atoms with Crippen LogP contribution in [0.3, 0.4) is 0 Å². The number of likely N-dealkylation sites (tertiary alicyclic amines) is 1. The Labute approximate surface area is 123 Å². The van der Waals surface area contributed by atoms with E-state index < -0.39 is 23.3 Å². The maximum Gasteiger partial charge on any atom is 0.246 e. The van der Waals surface area contributed by atoms with Crippen LogP contribution in [0.2, 0.25) is 0 Å². The SMILES string of the molecule is CC(C)(C)C(=O)N1CCCC1C(=O)N1CC(=O)NC(=O)C1. The standard InChI is InChI=1S/C14H21N3O4/c1-14(2,3)13(21)17-6-4-5-9(17)12(20)16-7-10(18)15-11(19)8-16/h9H,4-8H2,1-3H3,(H,15,18,19). The number of piperazine rings is 1. The number of nitrogens with zero attached hydrogens (tertiary/aromatic N) is 2. The van der Waals surface area contributed by atoms with E-state index in [4.69, 9.17) is 0 Å². The molecule has 0 aromatic carbocycles. The molecule has 2 saturated heterocycles. The molecule has 2 aliphatic heterocycles. The third kappa shape index (κ3) is 3.22. The predicted octanol–water partition coefficient (Wildman–Crippen LogP) is -0.491. The first-order valence-corrected chi connectivity index (χ1v) is 7.12. The molecule has 1 unspecified atom stereocenters. The quantitative estimate of drug-likeness (QED) is 0.661. The Balaban J connectivity index is 2.12. The highest BCUT2D eigenvalue weighted by atomic mass is 16.2. The van der Waals surface area contributed by atoms with Crippen LogP contribution in [-0.2, 0) is 19.2 Å². The predicted molar refractivity (Wildman–Crippen MR) is 73.9 cm³/mol. The molecule has 4 amide bonds. The summed E-state index contributed by atoms with van der Waals surface area (Å²) >= 11 is 0. The molecule has 0 radical (unpaired) electrons. The topological polar surface area (TPSA) is 86.8 Å². The third-order valence-electron chi connectivity index (χ3n) is 3.70. The van der Waals surface area contributed by atoms with Gasteiger partial charge in [-0.1, -0.05) is 20.8 Å². The summed E-state index contributed by atoms with van der Waals surface area (Å²) in [6.45, 7) is 5.73. The molecule has 116 valence electrons. The summed E-state index contributed by atoms with van der Waals surface area (Å²) in [6, 6.07) is -0.560. The summed E-state index contributed by atoms with van der Waals surface area (Å²) in [4.78, 5) is 50.5. The molecule has 0 aliphatic carbocycles. The fourth-order valence-electron chi connectivity index (χ4n) is 2.70. The van der Waals surface area contributed by atoms with Crippen LogP contribution in [-0.4, -0.2) is 59.1 Å². The highest BCUT2D eigenvalue weighted by Gasteiger charge is 2.41. The molecule has 0 aromatic heterocycles. The van der Waals surface area contributed by atoms with Gasteiger partial charge >= 0.3 is 0 Å². The molecule has 0 bridgehead atoms. The van der Waals surface area contributed by atoms with E-state index in [0.29, 0.717) is 13.0 Å². The summed E-state index contributed by atoms with van der Waals surface area (Å²) in [6.07, 6.45) is 1.33. The summed E-state index contributed by atoms with van der Waals surface area (Å²) in [5, 5.41) is 2.16. The highest BCUT2D eigenvalue weighted by molar-refractivity contribution is 6.03. The van der Waals surface area contributed by atoms with Gasteiger partial charge in [-0.15, -0.1) is 0 Å². The molecule has 2 heterocycles. The van der Waals surface area contributed by atoms with E-state index in [-0.39, 0.29) is 24.9 Å². The van der Waals surface area contributed by atoms with Gasteiger partial charge in [0, 0.05) is 12.0 Å². The van der Waals surface area contributed by atoms with Gasteiger partial charge < -0.3 is 9.80 Å². The Morgan fingerprint density at radius 1 is 1.14 bits per heavy atom. The average Bonchev–Trinajstić information content (AvgIpc) is 2.83. The number of carbonyl (C=O) groups excluding carboxylic acids is 4. The van der Waals surface area contributed by atoms with Gasteiger partial charge in [0.1, 0.15) is 19.1 Å². The van der Waals surface area contributed by atoms with Crippen LogP contribution in [0.25, 0.3) is 0 Å². The molecule has 2 rings (SSSR count). The lowest BCUT2D eigenvalue weighted by molar-refractivity contribution is -0.152. The number of carbonyl (C=O) groups is 4. The van der Waals surface area contributed by atoms with E-state index >= 15 is 0 Å². The normalized spacial score (nSPS) is 23.3. The molecular formula is C14H21N3O4. The van der Waals surface area contributed by atoms with Gasteiger partial charge in [-0.3, -0.25) is 24.5 Å². The summed E-state index contributed by atoms with van der Waals surface area (Å²) in [5.41, 5.74) is -0.558. The van der Waals surface area contributed by atoms with E-state index in [1.54, 1.807) is 4.90 Å². The second kappa shape index (κ2) is 5.46. The zero-order chi connectivity index (χ0) is 15.8. The van der Waals surface area contributed by atoms with Crippen LogP contribution >= 0.6 is 0 Å². The van der Waals surface area contributed by atoms with Gasteiger partial charge in [-0.25, -0.2) is 0 Å². The molecule has 21 heavy (non-hydrogen) atoms. The first kappa shape index (κ1) is 15.5. The summed E-state index contributed by atoms with van der Waals surface area (Å²) in [5.74, 6) is -1.35. The minimum atomic E-state index is -0.560. The van der Waals surface area contributed by atoms with Crippen molar-refractivity contribution in [2.45, 2.75) is 39.7 Å². The zero-order valence-corrected chi connectivity index (χ0v) is 12.6. The molecule has 0 saturated carbocycles. The van der Waals surface area contributed by atoms with Crippen molar-refractivity contribution >= 4 is 23.6 Å². The molecule has 0 spiro atoms. The van der Waals surface area contributed by atoms with Gasteiger partial charge in [0.2, 0.25) is 23.6 Å². The van der Waals surface area contributed by atoms with E-state index in [9.17, 15) is 19.2 Å². The Morgan fingerprint density at radius 2 is 1.71 bits per heavy atom. The highest BCUT2D eigenvalue weighted by Crippen LogP contribution is 2.26. The summed E-state index contributed by atoms with van der Waals surface area (Å²) < 4.78 is 0. The average molecular weight is 295 g/mol. The Bertz CT molecular complexity index is 479. The number of amides is 4. The first-order valence-electron chi connectivity index (χ1n) is 7.12. The Kier molecular flexibility index (Phi) is 4.02. The van der Waals surface area contributed by atoms with Crippen molar-refractivity contribution in [3.8, 4) is 0 Å². The number of hydrogen-bond acceptors (Lipinski definition) is 4. The largest absolute Gasteiger partial charge is 0.330 e. The summed E-state index contributed by atoms with van der Waals surface area (Å²) in [7, 11) is 0. The lowest BCUT2D eigenvalue weighted by Crippen LogP contribution is -2.58. The van der Waals surface area contributed by atoms with E-state index in [1.165, 1.54) is 4.90 Å². The number of nitrogens with one attached hydrogen (secondary N) is 1. The van der Waals surface area contributed by atoms with Crippen molar-refractivity contribution in [3.05, 3.63) is 0 Å². The minimum absolute atomic E-state index is 0.0777.